The molecule has 2 aliphatic rings. The monoisotopic (exact) mass is 320 g/mol. The smallest absolute Gasteiger partial charge is 0.248 e. The highest BCUT2D eigenvalue weighted by Gasteiger charge is 2.28. The molecule has 6 heteroatoms. The molecule has 0 saturated heterocycles. The van der Waals surface area contributed by atoms with Crippen LogP contribution in [0.15, 0.2) is 12.3 Å². The van der Waals surface area contributed by atoms with Gasteiger partial charge in [-0.05, 0) is 31.2 Å². The predicted octanol–water partition coefficient (Wildman–Crippen LogP) is 1.53. The lowest BCUT2D eigenvalue weighted by molar-refractivity contribution is -0.133. The Labute approximate surface area is 138 Å². The third-order valence-electron chi connectivity index (χ3n) is 5.01. The summed E-state index contributed by atoms with van der Waals surface area (Å²) >= 11 is 0. The number of ether oxygens (including phenoxy) is 1. The maximum atomic E-state index is 11.5. The van der Waals surface area contributed by atoms with Gasteiger partial charge in [-0.1, -0.05) is 6.42 Å². The Morgan fingerprint density at radius 1 is 1.43 bits per heavy atom. The number of hydrogen-bond donors (Lipinski definition) is 0. The molecular formula is C17H28N4O2. The van der Waals surface area contributed by atoms with Crippen molar-refractivity contribution in [2.45, 2.75) is 38.3 Å². The molecule has 1 aromatic rings. The number of amides is 1. The van der Waals surface area contributed by atoms with Gasteiger partial charge in [0.15, 0.2) is 0 Å². The van der Waals surface area contributed by atoms with E-state index in [0.717, 1.165) is 25.4 Å². The zero-order valence-corrected chi connectivity index (χ0v) is 14.3. The van der Waals surface area contributed by atoms with E-state index in [1.54, 1.807) is 19.0 Å². The quantitative estimate of drug-likeness (QED) is 0.715. The SMILES string of the molecule is CN(C)C(=O)COCC[C@H]1CN(CC2CCC2)Cc2ccnn21. The van der Waals surface area contributed by atoms with Gasteiger partial charge in [0.1, 0.15) is 6.61 Å². The van der Waals surface area contributed by atoms with E-state index in [-0.39, 0.29) is 12.5 Å². The zero-order chi connectivity index (χ0) is 16.2. The largest absolute Gasteiger partial charge is 0.372 e. The topological polar surface area (TPSA) is 50.6 Å². The van der Waals surface area contributed by atoms with E-state index in [2.05, 4.69) is 20.7 Å². The molecule has 1 aliphatic carbocycles. The van der Waals surface area contributed by atoms with Crippen molar-refractivity contribution >= 4 is 5.91 Å². The average Bonchev–Trinajstić information content (AvgIpc) is 2.95. The highest BCUT2D eigenvalue weighted by molar-refractivity contribution is 5.76. The Morgan fingerprint density at radius 3 is 2.96 bits per heavy atom. The first-order valence-electron chi connectivity index (χ1n) is 8.66. The van der Waals surface area contributed by atoms with Gasteiger partial charge in [-0.25, -0.2) is 0 Å². The maximum Gasteiger partial charge on any atom is 0.248 e. The van der Waals surface area contributed by atoms with Gasteiger partial charge in [0, 0.05) is 46.5 Å². The summed E-state index contributed by atoms with van der Waals surface area (Å²) in [5.41, 5.74) is 1.30. The van der Waals surface area contributed by atoms with E-state index in [0.29, 0.717) is 12.6 Å². The van der Waals surface area contributed by atoms with Crippen molar-refractivity contribution in [3.8, 4) is 0 Å². The molecule has 0 bridgehead atoms. The van der Waals surface area contributed by atoms with Gasteiger partial charge in [0.2, 0.25) is 5.91 Å². The van der Waals surface area contributed by atoms with Crippen molar-refractivity contribution in [2.24, 2.45) is 5.92 Å². The molecule has 0 radical (unpaired) electrons. The lowest BCUT2D eigenvalue weighted by Gasteiger charge is -2.38. The first-order chi connectivity index (χ1) is 11.1. The third kappa shape index (κ3) is 4.12. The van der Waals surface area contributed by atoms with E-state index in [9.17, 15) is 4.79 Å². The van der Waals surface area contributed by atoms with Gasteiger partial charge < -0.3 is 9.64 Å². The van der Waals surface area contributed by atoms with E-state index in [4.69, 9.17) is 4.74 Å². The van der Waals surface area contributed by atoms with Crippen molar-refractivity contribution in [1.82, 2.24) is 19.6 Å². The second-order valence-corrected chi connectivity index (χ2v) is 7.04. The minimum absolute atomic E-state index is 0.0139. The van der Waals surface area contributed by atoms with Crippen molar-refractivity contribution in [1.29, 1.82) is 0 Å². The molecule has 1 saturated carbocycles. The lowest BCUT2D eigenvalue weighted by atomic mass is 9.85. The summed E-state index contributed by atoms with van der Waals surface area (Å²) in [5.74, 6) is 0.902. The molecule has 1 aliphatic heterocycles. The van der Waals surface area contributed by atoms with E-state index in [1.807, 2.05) is 6.20 Å². The van der Waals surface area contributed by atoms with Crippen molar-refractivity contribution in [3.05, 3.63) is 18.0 Å². The van der Waals surface area contributed by atoms with Crippen molar-refractivity contribution in [2.75, 3.05) is 40.4 Å². The van der Waals surface area contributed by atoms with Gasteiger partial charge in [-0.15, -0.1) is 0 Å². The number of nitrogens with zero attached hydrogens (tertiary/aromatic N) is 4. The Bertz CT molecular complexity index is 524. The number of hydrogen-bond acceptors (Lipinski definition) is 4. The average molecular weight is 320 g/mol. The lowest BCUT2D eigenvalue weighted by Crippen LogP contribution is -2.41. The van der Waals surface area contributed by atoms with Crippen LogP contribution in [0.2, 0.25) is 0 Å². The van der Waals surface area contributed by atoms with Gasteiger partial charge in [-0.2, -0.15) is 5.10 Å². The Kier molecular flexibility index (Phi) is 5.33. The summed E-state index contributed by atoms with van der Waals surface area (Å²) in [4.78, 5) is 15.7. The van der Waals surface area contributed by atoms with Crippen LogP contribution < -0.4 is 0 Å². The van der Waals surface area contributed by atoms with Crippen LogP contribution >= 0.6 is 0 Å². The number of aromatic nitrogens is 2. The van der Waals surface area contributed by atoms with Gasteiger partial charge in [-0.3, -0.25) is 14.4 Å². The summed E-state index contributed by atoms with van der Waals surface area (Å²) in [7, 11) is 3.50. The van der Waals surface area contributed by atoms with Crippen LogP contribution in [0.4, 0.5) is 0 Å². The van der Waals surface area contributed by atoms with Crippen LogP contribution in [0.5, 0.6) is 0 Å². The van der Waals surface area contributed by atoms with Crippen LogP contribution in [0.3, 0.4) is 0 Å². The highest BCUT2D eigenvalue weighted by Crippen LogP contribution is 2.30. The molecule has 3 rings (SSSR count). The summed E-state index contributed by atoms with van der Waals surface area (Å²) in [6.45, 7) is 4.02. The molecule has 2 heterocycles. The van der Waals surface area contributed by atoms with Crippen LogP contribution in [0, 0.1) is 5.92 Å². The van der Waals surface area contributed by atoms with E-state index in [1.165, 1.54) is 31.5 Å². The first-order valence-corrected chi connectivity index (χ1v) is 8.66. The normalized spacial score (nSPS) is 21.7. The van der Waals surface area contributed by atoms with Crippen LogP contribution in [0.1, 0.15) is 37.4 Å². The van der Waals surface area contributed by atoms with E-state index < -0.39 is 0 Å². The molecule has 0 N–H and O–H groups in total. The fourth-order valence-corrected chi connectivity index (χ4v) is 3.37. The fraction of sp³-hybridized carbons (Fsp3) is 0.765. The second kappa shape index (κ2) is 7.45. The van der Waals surface area contributed by atoms with Crippen LogP contribution in [-0.4, -0.2) is 65.9 Å². The minimum Gasteiger partial charge on any atom is -0.372 e. The van der Waals surface area contributed by atoms with Crippen molar-refractivity contribution in [3.63, 3.8) is 0 Å². The van der Waals surface area contributed by atoms with Crippen LogP contribution in [-0.2, 0) is 16.1 Å². The molecule has 1 atom stereocenters. The molecular weight excluding hydrogens is 292 g/mol. The van der Waals surface area contributed by atoms with Crippen LogP contribution in [0.25, 0.3) is 0 Å². The number of carbonyl (C=O) groups excluding carboxylic acids is 1. The Balaban J connectivity index is 1.50. The molecule has 128 valence electrons. The molecule has 0 aromatic carbocycles. The third-order valence-corrected chi connectivity index (χ3v) is 5.01. The van der Waals surface area contributed by atoms with Crippen molar-refractivity contribution < 1.29 is 9.53 Å². The second-order valence-electron chi connectivity index (χ2n) is 7.04. The first kappa shape index (κ1) is 16.5. The molecule has 0 unspecified atom stereocenters. The van der Waals surface area contributed by atoms with Gasteiger partial charge in [0.25, 0.3) is 0 Å². The molecule has 23 heavy (non-hydrogen) atoms. The number of likely N-dealkylation sites (N-methyl/N-ethyl adjacent to an activating group) is 1. The molecule has 0 spiro atoms. The van der Waals surface area contributed by atoms with Gasteiger partial charge >= 0.3 is 0 Å². The number of carbonyl (C=O) groups is 1. The number of fused-ring (bicyclic) bond motifs is 1. The maximum absolute atomic E-state index is 11.5. The molecule has 6 nitrogen and oxygen atoms in total. The fourth-order valence-electron chi connectivity index (χ4n) is 3.37. The van der Waals surface area contributed by atoms with E-state index >= 15 is 0 Å². The van der Waals surface area contributed by atoms with Gasteiger partial charge in [0.05, 0.1) is 11.7 Å². The zero-order valence-electron chi connectivity index (χ0n) is 14.3. The Morgan fingerprint density at radius 2 is 2.26 bits per heavy atom. The summed E-state index contributed by atoms with van der Waals surface area (Å²) in [6, 6.07) is 2.47. The minimum atomic E-state index is 0.0139. The molecule has 1 fully saturated rings. The summed E-state index contributed by atoms with van der Waals surface area (Å²) in [5, 5.41) is 4.49. The number of rotatable bonds is 7. The standard InChI is InChI=1S/C17H28N4O2/c1-19(2)17(22)13-23-9-7-16-12-20(10-14-4-3-5-14)11-15-6-8-18-21(15)16/h6,8,14,16H,3-5,7,9-13H2,1-2H3/t16-/m0/s1. The Hall–Kier alpha value is -1.40. The summed E-state index contributed by atoms with van der Waals surface area (Å²) in [6.07, 6.45) is 6.96. The summed E-state index contributed by atoms with van der Waals surface area (Å²) < 4.78 is 7.70. The molecule has 1 amide bonds. The predicted molar refractivity (Wildman–Crippen MR) is 88.0 cm³/mol. The molecule has 1 aromatic heterocycles. The highest BCUT2D eigenvalue weighted by atomic mass is 16.5.